The number of nitrogens with one attached hydrogen (secondary N) is 1. The third-order valence-electron chi connectivity index (χ3n) is 3.43. The number of ether oxygens (including phenoxy) is 1. The van der Waals surface area contributed by atoms with Crippen LogP contribution in [0.2, 0.25) is 0 Å². The van der Waals surface area contributed by atoms with Crippen LogP contribution < -0.4 is 5.32 Å². The molecule has 1 rings (SSSR count). The van der Waals surface area contributed by atoms with Gasteiger partial charge in [0.2, 0.25) is 5.91 Å². The summed E-state index contributed by atoms with van der Waals surface area (Å²) in [6.07, 6.45) is -0.153. The largest absolute Gasteiger partial charge is 0.358 e. The highest BCUT2D eigenvalue weighted by molar-refractivity contribution is 5.85. The van der Waals surface area contributed by atoms with Gasteiger partial charge in [0, 0.05) is 12.0 Å². The first kappa shape index (κ1) is 10.5. The van der Waals surface area contributed by atoms with Crippen molar-refractivity contribution < 1.29 is 9.53 Å². The zero-order chi connectivity index (χ0) is 10.3. The summed E-state index contributed by atoms with van der Waals surface area (Å²) in [6, 6.07) is 0. The number of amides is 1. The van der Waals surface area contributed by atoms with E-state index in [2.05, 4.69) is 19.2 Å². The number of hydrogen-bond acceptors (Lipinski definition) is 2. The van der Waals surface area contributed by atoms with Crippen LogP contribution in [0.5, 0.6) is 0 Å². The van der Waals surface area contributed by atoms with Crippen LogP contribution in [0.25, 0.3) is 0 Å². The second kappa shape index (κ2) is 2.98. The van der Waals surface area contributed by atoms with Crippen molar-refractivity contribution in [3.8, 4) is 0 Å². The van der Waals surface area contributed by atoms with Gasteiger partial charge in [-0.1, -0.05) is 27.7 Å². The molecular weight excluding hydrogens is 166 g/mol. The SMILES string of the molecule is CCOC1NC(=O)C(C)(C)C1(C)C. The molecule has 0 aliphatic carbocycles. The Labute approximate surface area is 79.8 Å². The highest BCUT2D eigenvalue weighted by Crippen LogP contribution is 2.46. The predicted octanol–water partition coefficient (Wildman–Crippen LogP) is 1.53. The van der Waals surface area contributed by atoms with E-state index in [0.29, 0.717) is 6.61 Å². The Morgan fingerprint density at radius 2 is 1.92 bits per heavy atom. The molecule has 1 heterocycles. The molecule has 1 N–H and O–H groups in total. The lowest BCUT2D eigenvalue weighted by atomic mass is 9.69. The van der Waals surface area contributed by atoms with Crippen LogP contribution in [0, 0.1) is 10.8 Å². The minimum atomic E-state index is -0.354. The van der Waals surface area contributed by atoms with Crippen LogP contribution in [-0.4, -0.2) is 18.7 Å². The fraction of sp³-hybridized carbons (Fsp3) is 0.900. The number of carbonyl (C=O) groups excluding carboxylic acids is 1. The van der Waals surface area contributed by atoms with Crippen molar-refractivity contribution in [3.05, 3.63) is 0 Å². The van der Waals surface area contributed by atoms with E-state index >= 15 is 0 Å². The van der Waals surface area contributed by atoms with Gasteiger partial charge in [0.25, 0.3) is 0 Å². The zero-order valence-corrected chi connectivity index (χ0v) is 9.10. The van der Waals surface area contributed by atoms with Crippen LogP contribution in [0.1, 0.15) is 34.6 Å². The van der Waals surface area contributed by atoms with E-state index in [1.807, 2.05) is 20.8 Å². The molecule has 0 radical (unpaired) electrons. The molecule has 0 aromatic carbocycles. The first-order valence-corrected chi connectivity index (χ1v) is 4.76. The molecular formula is C10H19NO2. The van der Waals surface area contributed by atoms with Crippen LogP contribution >= 0.6 is 0 Å². The summed E-state index contributed by atoms with van der Waals surface area (Å²) in [4.78, 5) is 11.6. The number of hydrogen-bond donors (Lipinski definition) is 1. The molecule has 0 aromatic heterocycles. The fourth-order valence-corrected chi connectivity index (χ4v) is 1.52. The van der Waals surface area contributed by atoms with E-state index in [1.54, 1.807) is 0 Å². The monoisotopic (exact) mass is 185 g/mol. The van der Waals surface area contributed by atoms with Gasteiger partial charge in [0.1, 0.15) is 6.23 Å². The Morgan fingerprint density at radius 3 is 2.23 bits per heavy atom. The number of carbonyl (C=O) groups is 1. The smallest absolute Gasteiger partial charge is 0.228 e. The van der Waals surface area contributed by atoms with E-state index in [4.69, 9.17) is 4.74 Å². The van der Waals surface area contributed by atoms with Gasteiger partial charge in [-0.15, -0.1) is 0 Å². The molecule has 0 saturated carbocycles. The minimum absolute atomic E-state index is 0.0796. The van der Waals surface area contributed by atoms with Crippen molar-refractivity contribution in [1.29, 1.82) is 0 Å². The average molecular weight is 185 g/mol. The van der Waals surface area contributed by atoms with Crippen LogP contribution in [-0.2, 0) is 9.53 Å². The summed E-state index contributed by atoms with van der Waals surface area (Å²) in [5, 5.41) is 2.87. The maximum absolute atomic E-state index is 11.6. The summed E-state index contributed by atoms with van der Waals surface area (Å²) in [7, 11) is 0. The van der Waals surface area contributed by atoms with Gasteiger partial charge in [-0.2, -0.15) is 0 Å². The molecule has 76 valence electrons. The van der Waals surface area contributed by atoms with Crippen LogP contribution in [0.4, 0.5) is 0 Å². The van der Waals surface area contributed by atoms with Gasteiger partial charge >= 0.3 is 0 Å². The molecule has 0 aromatic rings. The maximum Gasteiger partial charge on any atom is 0.228 e. The number of rotatable bonds is 2. The molecule has 1 amide bonds. The Balaban J connectivity index is 2.90. The summed E-state index contributed by atoms with van der Waals surface area (Å²) in [5.74, 6) is 0.0796. The van der Waals surface area contributed by atoms with Crippen molar-refractivity contribution in [1.82, 2.24) is 5.32 Å². The Hall–Kier alpha value is -0.570. The molecule has 1 saturated heterocycles. The van der Waals surface area contributed by atoms with Crippen molar-refractivity contribution in [2.45, 2.75) is 40.8 Å². The predicted molar refractivity (Wildman–Crippen MR) is 51.1 cm³/mol. The Bertz CT molecular complexity index is 221. The molecule has 3 nitrogen and oxygen atoms in total. The molecule has 3 heteroatoms. The maximum atomic E-state index is 11.6. The van der Waals surface area contributed by atoms with E-state index in [-0.39, 0.29) is 23.0 Å². The summed E-state index contributed by atoms with van der Waals surface area (Å²) in [6.45, 7) is 10.6. The van der Waals surface area contributed by atoms with Gasteiger partial charge in [-0.25, -0.2) is 0 Å². The lowest BCUT2D eigenvalue weighted by molar-refractivity contribution is -0.128. The Morgan fingerprint density at radius 1 is 1.38 bits per heavy atom. The third-order valence-corrected chi connectivity index (χ3v) is 3.43. The molecule has 13 heavy (non-hydrogen) atoms. The second-order valence-electron chi connectivity index (χ2n) is 4.66. The van der Waals surface area contributed by atoms with Gasteiger partial charge < -0.3 is 10.1 Å². The molecule has 1 aliphatic rings. The van der Waals surface area contributed by atoms with Gasteiger partial charge in [0.05, 0.1) is 5.41 Å². The average Bonchev–Trinajstić information content (AvgIpc) is 2.14. The van der Waals surface area contributed by atoms with Crippen molar-refractivity contribution in [2.75, 3.05) is 6.61 Å². The van der Waals surface area contributed by atoms with Crippen molar-refractivity contribution >= 4 is 5.91 Å². The lowest BCUT2D eigenvalue weighted by Gasteiger charge is -2.34. The highest BCUT2D eigenvalue weighted by Gasteiger charge is 2.55. The highest BCUT2D eigenvalue weighted by atomic mass is 16.5. The van der Waals surface area contributed by atoms with E-state index in [1.165, 1.54) is 0 Å². The standard InChI is InChI=1S/C10H19NO2/c1-6-13-8-10(4,5)9(2,3)7(12)11-8/h8H,6H2,1-5H3,(H,11,12). The molecule has 1 fully saturated rings. The Kier molecular flexibility index (Phi) is 2.41. The third kappa shape index (κ3) is 1.35. The zero-order valence-electron chi connectivity index (χ0n) is 9.10. The van der Waals surface area contributed by atoms with E-state index in [9.17, 15) is 4.79 Å². The van der Waals surface area contributed by atoms with Crippen molar-refractivity contribution in [3.63, 3.8) is 0 Å². The summed E-state index contributed by atoms with van der Waals surface area (Å²) >= 11 is 0. The van der Waals surface area contributed by atoms with Gasteiger partial charge in [-0.05, 0) is 6.92 Å². The normalized spacial score (nSPS) is 30.2. The van der Waals surface area contributed by atoms with E-state index in [0.717, 1.165) is 0 Å². The summed E-state index contributed by atoms with van der Waals surface area (Å²) in [5.41, 5.74) is -0.507. The minimum Gasteiger partial charge on any atom is -0.358 e. The lowest BCUT2D eigenvalue weighted by Crippen LogP contribution is -2.39. The molecule has 1 atom stereocenters. The molecule has 0 bridgehead atoms. The first-order chi connectivity index (χ1) is 5.84. The molecule has 0 spiro atoms. The second-order valence-corrected chi connectivity index (χ2v) is 4.66. The first-order valence-electron chi connectivity index (χ1n) is 4.76. The van der Waals surface area contributed by atoms with Gasteiger partial charge in [-0.3, -0.25) is 4.79 Å². The summed E-state index contributed by atoms with van der Waals surface area (Å²) < 4.78 is 5.49. The van der Waals surface area contributed by atoms with E-state index < -0.39 is 0 Å². The molecule has 1 unspecified atom stereocenters. The van der Waals surface area contributed by atoms with Crippen molar-refractivity contribution in [2.24, 2.45) is 10.8 Å². The fourth-order valence-electron chi connectivity index (χ4n) is 1.52. The quantitative estimate of drug-likeness (QED) is 0.708. The topological polar surface area (TPSA) is 38.3 Å². The van der Waals surface area contributed by atoms with Crippen LogP contribution in [0.15, 0.2) is 0 Å². The molecule has 1 aliphatic heterocycles. The van der Waals surface area contributed by atoms with Gasteiger partial charge in [0.15, 0.2) is 0 Å². The van der Waals surface area contributed by atoms with Crippen LogP contribution in [0.3, 0.4) is 0 Å².